The van der Waals surface area contributed by atoms with Crippen LogP contribution in [0, 0.1) is 5.92 Å². The van der Waals surface area contributed by atoms with Crippen molar-refractivity contribution in [1.82, 2.24) is 0 Å². The molecule has 1 aliphatic rings. The van der Waals surface area contributed by atoms with E-state index in [0.717, 1.165) is 6.42 Å². The van der Waals surface area contributed by atoms with Crippen LogP contribution < -0.4 is 5.73 Å². The van der Waals surface area contributed by atoms with Gasteiger partial charge in [-0.15, -0.1) is 0 Å². The van der Waals surface area contributed by atoms with Gasteiger partial charge in [-0.2, -0.15) is 0 Å². The zero-order chi connectivity index (χ0) is 9.68. The van der Waals surface area contributed by atoms with E-state index >= 15 is 0 Å². The summed E-state index contributed by atoms with van der Waals surface area (Å²) in [5, 5.41) is 0. The Bertz CT molecular complexity index is 203. The van der Waals surface area contributed by atoms with E-state index < -0.39 is 6.17 Å². The molecule has 0 radical (unpaired) electrons. The Labute approximate surface area is 78.0 Å². The lowest BCUT2D eigenvalue weighted by molar-refractivity contribution is -0.121. The van der Waals surface area contributed by atoms with E-state index in [1.54, 1.807) is 6.08 Å². The second-order valence-corrected chi connectivity index (χ2v) is 3.44. The highest BCUT2D eigenvalue weighted by molar-refractivity contribution is 5.82. The topological polar surface area (TPSA) is 43.1 Å². The van der Waals surface area contributed by atoms with E-state index in [2.05, 4.69) is 0 Å². The molecule has 2 unspecified atom stereocenters. The van der Waals surface area contributed by atoms with Gasteiger partial charge in [-0.3, -0.25) is 4.79 Å². The molecule has 0 aromatic heterocycles. The molecule has 2 nitrogen and oxygen atoms in total. The smallest absolute Gasteiger partial charge is 0.139 e. The number of nitrogens with two attached hydrogens (primary N) is 1. The van der Waals surface area contributed by atoms with Crippen molar-refractivity contribution in [1.29, 1.82) is 0 Å². The summed E-state index contributed by atoms with van der Waals surface area (Å²) < 4.78 is 12.7. The molecule has 0 spiro atoms. The van der Waals surface area contributed by atoms with Gasteiger partial charge in [-0.1, -0.05) is 12.2 Å². The van der Waals surface area contributed by atoms with Gasteiger partial charge < -0.3 is 5.73 Å². The van der Waals surface area contributed by atoms with Crippen LogP contribution in [-0.2, 0) is 4.79 Å². The van der Waals surface area contributed by atoms with Gasteiger partial charge in [0.15, 0.2) is 0 Å². The van der Waals surface area contributed by atoms with Crippen LogP contribution in [0.15, 0.2) is 12.2 Å². The number of Topliss-reactive ketones (excluding diaryl/α,β-unsaturated/α-hetero) is 1. The maximum absolute atomic E-state index is 12.7. The standard InChI is InChI=1S/C10H16FNO/c11-9-5-3-8(4-6-9)10(13)2-1-7-12/h3,5,8-9H,1-2,4,6-7,12H2. The Kier molecular flexibility index (Phi) is 4.09. The summed E-state index contributed by atoms with van der Waals surface area (Å²) in [5.74, 6) is 0.146. The molecule has 0 fully saturated rings. The minimum Gasteiger partial charge on any atom is -0.330 e. The van der Waals surface area contributed by atoms with Crippen molar-refractivity contribution in [2.24, 2.45) is 11.7 Å². The van der Waals surface area contributed by atoms with Crippen LogP contribution >= 0.6 is 0 Å². The summed E-state index contributed by atoms with van der Waals surface area (Å²) in [6.45, 7) is 0.550. The third-order valence-corrected chi connectivity index (χ3v) is 2.35. The SMILES string of the molecule is NCCCC(=O)C1C=CC(F)CC1. The molecule has 0 heterocycles. The Hall–Kier alpha value is -0.700. The number of carbonyl (C=O) groups is 1. The van der Waals surface area contributed by atoms with Crippen LogP contribution in [0.2, 0.25) is 0 Å². The fraction of sp³-hybridized carbons (Fsp3) is 0.700. The third-order valence-electron chi connectivity index (χ3n) is 2.35. The van der Waals surface area contributed by atoms with E-state index in [1.807, 2.05) is 0 Å². The van der Waals surface area contributed by atoms with E-state index in [-0.39, 0.29) is 11.7 Å². The van der Waals surface area contributed by atoms with Gasteiger partial charge in [0.05, 0.1) is 0 Å². The molecule has 0 saturated carbocycles. The Morgan fingerprint density at radius 3 is 2.77 bits per heavy atom. The molecule has 3 heteroatoms. The second-order valence-electron chi connectivity index (χ2n) is 3.44. The average molecular weight is 185 g/mol. The first-order chi connectivity index (χ1) is 6.24. The predicted molar refractivity (Wildman–Crippen MR) is 50.1 cm³/mol. The number of halogens is 1. The minimum atomic E-state index is -0.849. The zero-order valence-electron chi connectivity index (χ0n) is 7.71. The number of allylic oxidation sites excluding steroid dienone is 2. The van der Waals surface area contributed by atoms with Gasteiger partial charge in [-0.25, -0.2) is 4.39 Å². The number of rotatable bonds is 4. The number of ketones is 1. The second kappa shape index (κ2) is 5.12. The summed E-state index contributed by atoms with van der Waals surface area (Å²) in [5.41, 5.74) is 5.30. The average Bonchev–Trinajstić information content (AvgIpc) is 2.15. The highest BCUT2D eigenvalue weighted by atomic mass is 19.1. The fourth-order valence-electron chi connectivity index (χ4n) is 1.52. The summed E-state index contributed by atoms with van der Waals surface area (Å²) in [6, 6.07) is 0. The first-order valence-electron chi connectivity index (χ1n) is 4.79. The molecule has 0 aromatic rings. The Balaban J connectivity index is 2.35. The molecule has 1 aliphatic carbocycles. The first-order valence-corrected chi connectivity index (χ1v) is 4.79. The van der Waals surface area contributed by atoms with Crippen molar-refractivity contribution in [2.45, 2.75) is 31.9 Å². The lowest BCUT2D eigenvalue weighted by Gasteiger charge is -2.16. The summed E-state index contributed by atoms with van der Waals surface area (Å²) in [4.78, 5) is 11.4. The molecular weight excluding hydrogens is 169 g/mol. The first kappa shape index (κ1) is 10.4. The van der Waals surface area contributed by atoms with Crippen molar-refractivity contribution in [3.8, 4) is 0 Å². The third kappa shape index (κ3) is 3.27. The highest BCUT2D eigenvalue weighted by Gasteiger charge is 2.20. The Morgan fingerprint density at radius 2 is 2.23 bits per heavy atom. The normalized spacial score (nSPS) is 27.5. The quantitative estimate of drug-likeness (QED) is 0.676. The Morgan fingerprint density at radius 1 is 1.46 bits per heavy atom. The van der Waals surface area contributed by atoms with Crippen molar-refractivity contribution in [2.75, 3.05) is 6.54 Å². The lowest BCUT2D eigenvalue weighted by atomic mass is 9.89. The van der Waals surface area contributed by atoms with Gasteiger partial charge in [0, 0.05) is 12.3 Å². The van der Waals surface area contributed by atoms with E-state index in [9.17, 15) is 9.18 Å². The molecule has 0 amide bonds. The van der Waals surface area contributed by atoms with Crippen LogP contribution in [0.4, 0.5) is 4.39 Å². The van der Waals surface area contributed by atoms with Gasteiger partial charge in [0.1, 0.15) is 12.0 Å². The summed E-state index contributed by atoms with van der Waals surface area (Å²) >= 11 is 0. The maximum atomic E-state index is 12.7. The van der Waals surface area contributed by atoms with Crippen LogP contribution in [0.25, 0.3) is 0 Å². The molecule has 0 aromatic carbocycles. The van der Waals surface area contributed by atoms with Crippen LogP contribution in [-0.4, -0.2) is 18.5 Å². The molecule has 0 bridgehead atoms. The van der Waals surface area contributed by atoms with Gasteiger partial charge in [-0.05, 0) is 25.8 Å². The van der Waals surface area contributed by atoms with Crippen LogP contribution in [0.1, 0.15) is 25.7 Å². The highest BCUT2D eigenvalue weighted by Crippen LogP contribution is 2.21. The van der Waals surface area contributed by atoms with Crippen molar-refractivity contribution in [3.63, 3.8) is 0 Å². The molecule has 74 valence electrons. The van der Waals surface area contributed by atoms with Crippen molar-refractivity contribution in [3.05, 3.63) is 12.2 Å². The van der Waals surface area contributed by atoms with E-state index in [4.69, 9.17) is 5.73 Å². The number of hydrogen-bond donors (Lipinski definition) is 1. The molecule has 2 atom stereocenters. The molecule has 2 N–H and O–H groups in total. The fourth-order valence-corrected chi connectivity index (χ4v) is 1.52. The molecular formula is C10H16FNO. The van der Waals surface area contributed by atoms with Crippen LogP contribution in [0.5, 0.6) is 0 Å². The number of carbonyl (C=O) groups excluding carboxylic acids is 1. The molecule has 1 rings (SSSR count). The maximum Gasteiger partial charge on any atom is 0.139 e. The van der Waals surface area contributed by atoms with Gasteiger partial charge in [0.25, 0.3) is 0 Å². The molecule has 0 saturated heterocycles. The zero-order valence-corrected chi connectivity index (χ0v) is 7.71. The lowest BCUT2D eigenvalue weighted by Crippen LogP contribution is -2.18. The predicted octanol–water partition coefficient (Wildman–Crippen LogP) is 1.60. The summed E-state index contributed by atoms with van der Waals surface area (Å²) in [7, 11) is 0. The van der Waals surface area contributed by atoms with E-state index in [0.29, 0.717) is 25.8 Å². The number of hydrogen-bond acceptors (Lipinski definition) is 2. The van der Waals surface area contributed by atoms with Gasteiger partial charge in [0.2, 0.25) is 0 Å². The van der Waals surface area contributed by atoms with Crippen molar-refractivity contribution < 1.29 is 9.18 Å². The largest absolute Gasteiger partial charge is 0.330 e. The van der Waals surface area contributed by atoms with Crippen molar-refractivity contribution >= 4 is 5.78 Å². The number of alkyl halides is 1. The van der Waals surface area contributed by atoms with E-state index in [1.165, 1.54) is 6.08 Å². The molecule has 0 aliphatic heterocycles. The minimum absolute atomic E-state index is 0.0569. The monoisotopic (exact) mass is 185 g/mol. The summed E-state index contributed by atoms with van der Waals surface area (Å²) in [6.07, 6.45) is 4.75. The molecule has 13 heavy (non-hydrogen) atoms. The van der Waals surface area contributed by atoms with Gasteiger partial charge >= 0.3 is 0 Å². The van der Waals surface area contributed by atoms with Crippen LogP contribution in [0.3, 0.4) is 0 Å².